The Bertz CT molecular complexity index is 740. The van der Waals surface area contributed by atoms with Gasteiger partial charge in [0, 0.05) is 36.9 Å². The highest BCUT2D eigenvalue weighted by molar-refractivity contribution is 7.13. The average Bonchev–Trinajstić information content (AvgIpc) is 3.32. The van der Waals surface area contributed by atoms with E-state index in [1.54, 1.807) is 0 Å². The molecule has 5 nitrogen and oxygen atoms in total. The summed E-state index contributed by atoms with van der Waals surface area (Å²) in [5.41, 5.74) is 2.89. The van der Waals surface area contributed by atoms with Crippen LogP contribution < -0.4 is 0 Å². The van der Waals surface area contributed by atoms with Gasteiger partial charge in [-0.15, -0.1) is 11.3 Å². The summed E-state index contributed by atoms with van der Waals surface area (Å²) in [7, 11) is 0. The highest BCUT2D eigenvalue weighted by atomic mass is 32.1. The standard InChI is InChI=1S/C19H22N2O3S/c1-2-14-3-5-15(6-4-14)17-20-16(13-25-17)18(22)21-9-7-19(8-10-21)23-11-12-24-19/h3-6,13H,2,7-12H2,1H3. The first kappa shape index (κ1) is 16.7. The summed E-state index contributed by atoms with van der Waals surface area (Å²) in [6, 6.07) is 8.38. The number of amides is 1. The van der Waals surface area contributed by atoms with E-state index in [0.717, 1.165) is 29.8 Å². The summed E-state index contributed by atoms with van der Waals surface area (Å²) in [6.07, 6.45) is 2.48. The normalized spacial score (nSPS) is 19.5. The number of likely N-dealkylation sites (tertiary alicyclic amines) is 1. The number of aromatic nitrogens is 1. The molecule has 1 aromatic heterocycles. The molecular formula is C19H22N2O3S. The third-order valence-electron chi connectivity index (χ3n) is 4.96. The minimum atomic E-state index is -0.453. The first-order valence-corrected chi connectivity index (χ1v) is 9.69. The van der Waals surface area contributed by atoms with Crippen LogP contribution in [0.3, 0.4) is 0 Å². The Balaban J connectivity index is 1.43. The Kier molecular flexibility index (Phi) is 4.58. The maximum Gasteiger partial charge on any atom is 0.273 e. The van der Waals surface area contributed by atoms with E-state index in [0.29, 0.717) is 32.0 Å². The zero-order valence-electron chi connectivity index (χ0n) is 14.4. The van der Waals surface area contributed by atoms with E-state index in [1.165, 1.54) is 16.9 Å². The van der Waals surface area contributed by atoms with Crippen molar-refractivity contribution in [2.75, 3.05) is 26.3 Å². The van der Waals surface area contributed by atoms with Gasteiger partial charge in [-0.3, -0.25) is 4.79 Å². The topological polar surface area (TPSA) is 51.7 Å². The fraction of sp³-hybridized carbons (Fsp3) is 0.474. The van der Waals surface area contributed by atoms with E-state index in [4.69, 9.17) is 9.47 Å². The second kappa shape index (κ2) is 6.86. The lowest BCUT2D eigenvalue weighted by Gasteiger charge is -2.37. The maximum atomic E-state index is 12.7. The van der Waals surface area contributed by atoms with Crippen LogP contribution in [-0.4, -0.2) is 47.9 Å². The number of carbonyl (C=O) groups excluding carboxylic acids is 1. The molecule has 2 aliphatic rings. The first-order chi connectivity index (χ1) is 12.2. The Labute approximate surface area is 151 Å². The largest absolute Gasteiger partial charge is 0.347 e. The highest BCUT2D eigenvalue weighted by Crippen LogP contribution is 2.32. The van der Waals surface area contributed by atoms with Gasteiger partial charge in [0.1, 0.15) is 10.7 Å². The molecule has 0 N–H and O–H groups in total. The fourth-order valence-corrected chi connectivity index (χ4v) is 4.19. The molecule has 0 radical (unpaired) electrons. The molecule has 2 saturated heterocycles. The van der Waals surface area contributed by atoms with E-state index in [9.17, 15) is 4.79 Å². The van der Waals surface area contributed by atoms with Crippen molar-refractivity contribution in [3.63, 3.8) is 0 Å². The van der Waals surface area contributed by atoms with Crippen molar-refractivity contribution in [3.05, 3.63) is 40.9 Å². The van der Waals surface area contributed by atoms with Gasteiger partial charge in [0.2, 0.25) is 0 Å². The number of aryl methyl sites for hydroxylation is 1. The van der Waals surface area contributed by atoms with Crippen LogP contribution in [0.25, 0.3) is 10.6 Å². The van der Waals surface area contributed by atoms with Crippen LogP contribution in [0, 0.1) is 0 Å². The Hall–Kier alpha value is -1.76. The molecule has 2 aliphatic heterocycles. The van der Waals surface area contributed by atoms with Crippen LogP contribution in [0.5, 0.6) is 0 Å². The number of hydrogen-bond acceptors (Lipinski definition) is 5. The van der Waals surface area contributed by atoms with Gasteiger partial charge in [-0.2, -0.15) is 0 Å². The number of hydrogen-bond donors (Lipinski definition) is 0. The number of benzene rings is 1. The molecule has 25 heavy (non-hydrogen) atoms. The Morgan fingerprint density at radius 2 is 1.88 bits per heavy atom. The van der Waals surface area contributed by atoms with E-state index < -0.39 is 5.79 Å². The van der Waals surface area contributed by atoms with Crippen LogP contribution in [0.4, 0.5) is 0 Å². The molecule has 0 atom stereocenters. The van der Waals surface area contributed by atoms with Crippen molar-refractivity contribution >= 4 is 17.2 Å². The van der Waals surface area contributed by atoms with E-state index in [1.807, 2.05) is 10.3 Å². The smallest absolute Gasteiger partial charge is 0.273 e. The van der Waals surface area contributed by atoms with Gasteiger partial charge in [0.15, 0.2) is 5.79 Å². The van der Waals surface area contributed by atoms with E-state index in [2.05, 4.69) is 36.2 Å². The van der Waals surface area contributed by atoms with Gasteiger partial charge in [0.25, 0.3) is 5.91 Å². The molecule has 132 valence electrons. The monoisotopic (exact) mass is 358 g/mol. The number of carbonyl (C=O) groups is 1. The quantitative estimate of drug-likeness (QED) is 0.844. The molecule has 2 fully saturated rings. The minimum absolute atomic E-state index is 0.000486. The predicted octanol–water partition coefficient (Wildman–Crippen LogP) is 3.35. The summed E-state index contributed by atoms with van der Waals surface area (Å²) in [5.74, 6) is -0.453. The molecule has 0 saturated carbocycles. The fourth-order valence-electron chi connectivity index (χ4n) is 3.39. The molecule has 0 bridgehead atoms. The molecule has 1 amide bonds. The molecule has 1 aromatic carbocycles. The summed E-state index contributed by atoms with van der Waals surface area (Å²) in [6.45, 7) is 4.74. The van der Waals surface area contributed by atoms with Gasteiger partial charge in [-0.25, -0.2) is 4.98 Å². The number of rotatable bonds is 3. The minimum Gasteiger partial charge on any atom is -0.347 e. The van der Waals surface area contributed by atoms with Gasteiger partial charge in [0.05, 0.1) is 13.2 Å². The zero-order chi connectivity index (χ0) is 17.3. The lowest BCUT2D eigenvalue weighted by Crippen LogP contribution is -2.47. The summed E-state index contributed by atoms with van der Waals surface area (Å²) in [5, 5.41) is 2.75. The molecular weight excluding hydrogens is 336 g/mol. The number of thiazole rings is 1. The summed E-state index contributed by atoms with van der Waals surface area (Å²) < 4.78 is 11.4. The Morgan fingerprint density at radius 1 is 1.20 bits per heavy atom. The van der Waals surface area contributed by atoms with Gasteiger partial charge in [-0.1, -0.05) is 31.2 Å². The Morgan fingerprint density at radius 3 is 2.52 bits per heavy atom. The number of nitrogens with zero attached hydrogens (tertiary/aromatic N) is 2. The van der Waals surface area contributed by atoms with Crippen molar-refractivity contribution in [3.8, 4) is 10.6 Å². The maximum absolute atomic E-state index is 12.7. The average molecular weight is 358 g/mol. The molecule has 0 unspecified atom stereocenters. The van der Waals surface area contributed by atoms with Gasteiger partial charge in [-0.05, 0) is 12.0 Å². The lowest BCUT2D eigenvalue weighted by molar-refractivity contribution is -0.181. The molecule has 6 heteroatoms. The van der Waals surface area contributed by atoms with E-state index in [-0.39, 0.29) is 5.91 Å². The first-order valence-electron chi connectivity index (χ1n) is 8.81. The molecule has 3 heterocycles. The highest BCUT2D eigenvalue weighted by Gasteiger charge is 2.41. The van der Waals surface area contributed by atoms with Crippen molar-refractivity contribution < 1.29 is 14.3 Å². The van der Waals surface area contributed by atoms with Crippen LogP contribution in [0.1, 0.15) is 35.8 Å². The van der Waals surface area contributed by atoms with Crippen molar-refractivity contribution in [1.29, 1.82) is 0 Å². The zero-order valence-corrected chi connectivity index (χ0v) is 15.2. The third kappa shape index (κ3) is 3.34. The van der Waals surface area contributed by atoms with Crippen molar-refractivity contribution in [2.24, 2.45) is 0 Å². The second-order valence-corrected chi connectivity index (χ2v) is 7.35. The van der Waals surface area contributed by atoms with Crippen LogP contribution in [-0.2, 0) is 15.9 Å². The molecule has 2 aromatic rings. The third-order valence-corrected chi connectivity index (χ3v) is 5.85. The number of ether oxygens (including phenoxy) is 2. The van der Waals surface area contributed by atoms with Gasteiger partial charge >= 0.3 is 0 Å². The molecule has 0 aliphatic carbocycles. The van der Waals surface area contributed by atoms with E-state index >= 15 is 0 Å². The van der Waals surface area contributed by atoms with Crippen LogP contribution in [0.2, 0.25) is 0 Å². The van der Waals surface area contributed by atoms with Crippen LogP contribution >= 0.6 is 11.3 Å². The van der Waals surface area contributed by atoms with Crippen molar-refractivity contribution in [2.45, 2.75) is 32.0 Å². The van der Waals surface area contributed by atoms with Gasteiger partial charge < -0.3 is 14.4 Å². The summed E-state index contributed by atoms with van der Waals surface area (Å²) in [4.78, 5) is 19.2. The number of piperidine rings is 1. The SMILES string of the molecule is CCc1ccc(-c2nc(C(=O)N3CCC4(CC3)OCCO4)cs2)cc1. The molecule has 4 rings (SSSR count). The lowest BCUT2D eigenvalue weighted by atomic mass is 10.0. The predicted molar refractivity (Wildman–Crippen MR) is 96.7 cm³/mol. The molecule has 1 spiro atoms. The summed E-state index contributed by atoms with van der Waals surface area (Å²) >= 11 is 1.52. The van der Waals surface area contributed by atoms with Crippen molar-refractivity contribution in [1.82, 2.24) is 9.88 Å². The second-order valence-electron chi connectivity index (χ2n) is 6.49. The van der Waals surface area contributed by atoms with Crippen LogP contribution in [0.15, 0.2) is 29.6 Å².